The van der Waals surface area contributed by atoms with E-state index in [1.807, 2.05) is 18.2 Å². The van der Waals surface area contributed by atoms with Crippen LogP contribution in [0.1, 0.15) is 50.1 Å². The van der Waals surface area contributed by atoms with E-state index < -0.39 is 0 Å². The summed E-state index contributed by atoms with van der Waals surface area (Å²) in [5, 5.41) is 6.52. The molecular weight excluding hydrogens is 264 g/mol. The standard InChI is InChI=1S/C17H24N2O2/c20-17(19-13-6-2-1-3-7-13)12-18-15-10-11-21-16-9-5-4-8-14(15)16/h4-5,8-9,13,15,18H,1-3,6-7,10-12H2,(H,19,20). The summed E-state index contributed by atoms with van der Waals surface area (Å²) in [4.78, 5) is 12.1. The number of hydrogen-bond donors (Lipinski definition) is 2. The first-order valence-electron chi connectivity index (χ1n) is 8.07. The Bertz CT molecular complexity index is 483. The van der Waals surface area contributed by atoms with Crippen LogP contribution in [0.3, 0.4) is 0 Å². The van der Waals surface area contributed by atoms with Crippen LogP contribution in [0.2, 0.25) is 0 Å². The third-order valence-corrected chi connectivity index (χ3v) is 4.44. The largest absolute Gasteiger partial charge is 0.493 e. The number of amides is 1. The second kappa shape index (κ2) is 6.94. The molecule has 1 saturated carbocycles. The Labute approximate surface area is 126 Å². The number of carbonyl (C=O) groups excluding carboxylic acids is 1. The molecule has 114 valence electrons. The Morgan fingerprint density at radius 3 is 2.81 bits per heavy atom. The van der Waals surface area contributed by atoms with Gasteiger partial charge in [-0.2, -0.15) is 0 Å². The van der Waals surface area contributed by atoms with Gasteiger partial charge in [0.2, 0.25) is 5.91 Å². The lowest BCUT2D eigenvalue weighted by Crippen LogP contribution is -2.42. The minimum atomic E-state index is 0.117. The summed E-state index contributed by atoms with van der Waals surface area (Å²) in [5.74, 6) is 1.06. The summed E-state index contributed by atoms with van der Waals surface area (Å²) >= 11 is 0. The van der Waals surface area contributed by atoms with Crippen molar-refractivity contribution >= 4 is 5.91 Å². The highest BCUT2D eigenvalue weighted by Gasteiger charge is 2.22. The van der Waals surface area contributed by atoms with Crippen LogP contribution in [0, 0.1) is 0 Å². The van der Waals surface area contributed by atoms with E-state index in [0.29, 0.717) is 19.2 Å². The highest BCUT2D eigenvalue weighted by Crippen LogP contribution is 2.31. The minimum absolute atomic E-state index is 0.117. The zero-order valence-electron chi connectivity index (χ0n) is 12.4. The van der Waals surface area contributed by atoms with Crippen LogP contribution < -0.4 is 15.4 Å². The molecule has 3 rings (SSSR count). The summed E-state index contributed by atoms with van der Waals surface area (Å²) < 4.78 is 5.64. The van der Waals surface area contributed by atoms with Crippen LogP contribution in [-0.4, -0.2) is 25.1 Å². The van der Waals surface area contributed by atoms with Crippen LogP contribution in [0.4, 0.5) is 0 Å². The minimum Gasteiger partial charge on any atom is -0.493 e. The number of fused-ring (bicyclic) bond motifs is 1. The zero-order valence-corrected chi connectivity index (χ0v) is 12.4. The molecule has 1 fully saturated rings. The van der Waals surface area contributed by atoms with Gasteiger partial charge in [0.05, 0.1) is 13.2 Å². The second-order valence-corrected chi connectivity index (χ2v) is 6.01. The van der Waals surface area contributed by atoms with Gasteiger partial charge in [-0.3, -0.25) is 4.79 Å². The van der Waals surface area contributed by atoms with E-state index in [1.54, 1.807) is 0 Å². The summed E-state index contributed by atoms with van der Waals surface area (Å²) in [6.07, 6.45) is 6.96. The molecule has 4 nitrogen and oxygen atoms in total. The predicted molar refractivity (Wildman–Crippen MR) is 82.3 cm³/mol. The molecular formula is C17H24N2O2. The number of para-hydroxylation sites is 1. The van der Waals surface area contributed by atoms with Gasteiger partial charge in [0.1, 0.15) is 5.75 Å². The van der Waals surface area contributed by atoms with Crippen LogP contribution in [0.15, 0.2) is 24.3 Å². The third kappa shape index (κ3) is 3.76. The Balaban J connectivity index is 1.50. The van der Waals surface area contributed by atoms with Gasteiger partial charge in [0.25, 0.3) is 0 Å². The maximum Gasteiger partial charge on any atom is 0.234 e. The molecule has 2 N–H and O–H groups in total. The predicted octanol–water partition coefficient (Wildman–Crippen LogP) is 2.55. The van der Waals surface area contributed by atoms with Crippen LogP contribution >= 0.6 is 0 Å². The Morgan fingerprint density at radius 1 is 1.14 bits per heavy atom. The van der Waals surface area contributed by atoms with Crippen LogP contribution in [0.25, 0.3) is 0 Å². The molecule has 1 heterocycles. The van der Waals surface area contributed by atoms with Gasteiger partial charge in [0, 0.05) is 24.1 Å². The SMILES string of the molecule is O=C(CNC1CCOc2ccccc21)NC1CCCCC1. The van der Waals surface area contributed by atoms with Gasteiger partial charge in [-0.05, 0) is 18.9 Å². The molecule has 1 atom stereocenters. The van der Waals surface area contributed by atoms with Gasteiger partial charge in [-0.25, -0.2) is 0 Å². The smallest absolute Gasteiger partial charge is 0.234 e. The molecule has 0 bridgehead atoms. The second-order valence-electron chi connectivity index (χ2n) is 6.01. The highest BCUT2D eigenvalue weighted by molar-refractivity contribution is 5.78. The maximum atomic E-state index is 12.1. The van der Waals surface area contributed by atoms with E-state index in [4.69, 9.17) is 4.74 Å². The molecule has 0 spiro atoms. The molecule has 0 aromatic heterocycles. The van der Waals surface area contributed by atoms with E-state index in [2.05, 4.69) is 16.7 Å². The topological polar surface area (TPSA) is 50.4 Å². The van der Waals surface area contributed by atoms with Crippen molar-refractivity contribution in [3.05, 3.63) is 29.8 Å². The summed E-state index contributed by atoms with van der Waals surface area (Å²) in [7, 11) is 0. The van der Waals surface area contributed by atoms with Crippen molar-refractivity contribution < 1.29 is 9.53 Å². The summed E-state index contributed by atoms with van der Waals surface area (Å²) in [6, 6.07) is 8.67. The van der Waals surface area contributed by atoms with Crippen molar-refractivity contribution in [2.45, 2.75) is 50.6 Å². The van der Waals surface area contributed by atoms with Gasteiger partial charge in [-0.15, -0.1) is 0 Å². The van der Waals surface area contributed by atoms with Crippen molar-refractivity contribution in [3.8, 4) is 5.75 Å². The number of nitrogens with one attached hydrogen (secondary N) is 2. The molecule has 1 aliphatic heterocycles. The number of ether oxygens (including phenoxy) is 1. The number of carbonyl (C=O) groups is 1. The molecule has 1 unspecified atom stereocenters. The summed E-state index contributed by atoms with van der Waals surface area (Å²) in [5.41, 5.74) is 1.16. The molecule has 2 aliphatic rings. The molecule has 1 amide bonds. The maximum absolute atomic E-state index is 12.1. The van der Waals surface area contributed by atoms with Crippen molar-refractivity contribution in [1.29, 1.82) is 0 Å². The van der Waals surface area contributed by atoms with Crippen molar-refractivity contribution in [2.24, 2.45) is 0 Å². The quantitative estimate of drug-likeness (QED) is 0.895. The van der Waals surface area contributed by atoms with Gasteiger partial charge >= 0.3 is 0 Å². The lowest BCUT2D eigenvalue weighted by atomic mass is 9.95. The number of hydrogen-bond acceptors (Lipinski definition) is 3. The first kappa shape index (κ1) is 14.4. The lowest BCUT2D eigenvalue weighted by Gasteiger charge is -2.27. The highest BCUT2D eigenvalue weighted by atomic mass is 16.5. The van der Waals surface area contributed by atoms with Gasteiger partial charge in [-0.1, -0.05) is 37.5 Å². The normalized spacial score (nSPS) is 22.2. The third-order valence-electron chi connectivity index (χ3n) is 4.44. The van der Waals surface area contributed by atoms with E-state index >= 15 is 0 Å². The average molecular weight is 288 g/mol. The van der Waals surface area contributed by atoms with E-state index in [-0.39, 0.29) is 11.9 Å². The first-order chi connectivity index (χ1) is 10.3. The molecule has 21 heavy (non-hydrogen) atoms. The number of rotatable bonds is 4. The fraction of sp³-hybridized carbons (Fsp3) is 0.588. The van der Waals surface area contributed by atoms with Gasteiger partial charge in [0.15, 0.2) is 0 Å². The molecule has 1 aromatic carbocycles. The Kier molecular flexibility index (Phi) is 4.76. The Hall–Kier alpha value is -1.55. The molecule has 0 saturated heterocycles. The van der Waals surface area contributed by atoms with Crippen LogP contribution in [-0.2, 0) is 4.79 Å². The molecule has 1 aromatic rings. The molecule has 1 aliphatic carbocycles. The van der Waals surface area contributed by atoms with Crippen molar-refractivity contribution in [2.75, 3.05) is 13.2 Å². The number of benzene rings is 1. The monoisotopic (exact) mass is 288 g/mol. The van der Waals surface area contributed by atoms with Crippen molar-refractivity contribution in [3.63, 3.8) is 0 Å². The first-order valence-corrected chi connectivity index (χ1v) is 8.07. The fourth-order valence-corrected chi connectivity index (χ4v) is 3.30. The van der Waals surface area contributed by atoms with E-state index in [0.717, 1.165) is 30.6 Å². The van der Waals surface area contributed by atoms with Crippen molar-refractivity contribution in [1.82, 2.24) is 10.6 Å². The lowest BCUT2D eigenvalue weighted by molar-refractivity contribution is -0.121. The molecule has 4 heteroatoms. The van der Waals surface area contributed by atoms with Crippen LogP contribution in [0.5, 0.6) is 5.75 Å². The Morgan fingerprint density at radius 2 is 1.95 bits per heavy atom. The van der Waals surface area contributed by atoms with E-state index in [9.17, 15) is 4.79 Å². The van der Waals surface area contributed by atoms with E-state index in [1.165, 1.54) is 19.3 Å². The van der Waals surface area contributed by atoms with Gasteiger partial charge < -0.3 is 15.4 Å². The average Bonchev–Trinajstić information content (AvgIpc) is 2.54. The summed E-state index contributed by atoms with van der Waals surface area (Å²) in [6.45, 7) is 1.09. The zero-order chi connectivity index (χ0) is 14.5. The molecule has 0 radical (unpaired) electrons. The fourth-order valence-electron chi connectivity index (χ4n) is 3.30.